The van der Waals surface area contributed by atoms with Crippen LogP contribution < -0.4 is 5.32 Å². The molecule has 236 valence electrons. The molecular formula is C32H49NO9. The summed E-state index contributed by atoms with van der Waals surface area (Å²) in [5.74, 6) is -1.10. The first-order valence-corrected chi connectivity index (χ1v) is 15.9. The van der Waals surface area contributed by atoms with Crippen molar-refractivity contribution >= 4 is 29.8 Å². The normalized spacial score (nSPS) is 36.8. The summed E-state index contributed by atoms with van der Waals surface area (Å²) in [4.78, 5) is 57.8. The van der Waals surface area contributed by atoms with Crippen LogP contribution in [0.5, 0.6) is 0 Å². The molecule has 3 unspecified atom stereocenters. The minimum atomic E-state index is -1.41. The molecule has 0 heterocycles. The fourth-order valence-corrected chi connectivity index (χ4v) is 9.96. The number of esters is 1. The zero-order chi connectivity index (χ0) is 30.8. The van der Waals surface area contributed by atoms with Crippen LogP contribution in [-0.2, 0) is 28.7 Å². The van der Waals surface area contributed by atoms with E-state index < -0.39 is 42.2 Å². The molecule has 1 amide bonds. The monoisotopic (exact) mass is 591 g/mol. The van der Waals surface area contributed by atoms with Gasteiger partial charge in [-0.1, -0.05) is 20.8 Å². The van der Waals surface area contributed by atoms with Gasteiger partial charge in [0.05, 0.1) is 19.3 Å². The van der Waals surface area contributed by atoms with Crippen LogP contribution in [-0.4, -0.2) is 57.2 Å². The summed E-state index contributed by atoms with van der Waals surface area (Å²) in [7, 11) is 0. The second-order valence-corrected chi connectivity index (χ2v) is 14.2. The van der Waals surface area contributed by atoms with Crippen LogP contribution in [0.3, 0.4) is 0 Å². The minimum Gasteiger partial charge on any atom is -0.481 e. The Hall–Kier alpha value is -2.65. The molecule has 0 aromatic carbocycles. The molecule has 0 radical (unpaired) electrons. The summed E-state index contributed by atoms with van der Waals surface area (Å²) in [6.07, 6.45) is 9.58. The first kappa shape index (κ1) is 32.3. The average molecular weight is 592 g/mol. The van der Waals surface area contributed by atoms with Gasteiger partial charge in [0.2, 0.25) is 5.91 Å². The number of carbonyl (C=O) groups is 5. The van der Waals surface area contributed by atoms with Crippen molar-refractivity contribution in [3.8, 4) is 0 Å². The molecule has 4 rings (SSSR count). The fourth-order valence-electron chi connectivity index (χ4n) is 9.96. The summed E-state index contributed by atoms with van der Waals surface area (Å²) in [6, 6.07) is -1.41. The second kappa shape index (κ2) is 12.9. The number of ether oxygens (including phenoxy) is 1. The van der Waals surface area contributed by atoms with Gasteiger partial charge in [0.15, 0.2) is 0 Å². The Bertz CT molecular complexity index is 1060. The molecule has 10 atom stereocenters. The van der Waals surface area contributed by atoms with Gasteiger partial charge in [0.25, 0.3) is 0 Å². The molecule has 10 nitrogen and oxygen atoms in total. The van der Waals surface area contributed by atoms with E-state index in [1.165, 1.54) is 19.3 Å². The topological polar surface area (TPSA) is 167 Å². The van der Waals surface area contributed by atoms with Crippen molar-refractivity contribution in [1.82, 2.24) is 5.32 Å². The molecular weight excluding hydrogens is 542 g/mol. The highest BCUT2D eigenvalue weighted by atomic mass is 16.5. The van der Waals surface area contributed by atoms with E-state index in [4.69, 9.17) is 14.9 Å². The van der Waals surface area contributed by atoms with Crippen molar-refractivity contribution in [1.29, 1.82) is 0 Å². The highest BCUT2D eigenvalue weighted by Gasteiger charge is 2.60. The summed E-state index contributed by atoms with van der Waals surface area (Å²) in [5, 5.41) is 29.4. The maximum absolute atomic E-state index is 12.5. The van der Waals surface area contributed by atoms with Gasteiger partial charge in [-0.2, -0.15) is 0 Å². The molecule has 4 aliphatic carbocycles. The minimum absolute atomic E-state index is 0.0728. The number of nitrogens with one attached hydrogen (secondary N) is 1. The van der Waals surface area contributed by atoms with Crippen LogP contribution in [0.15, 0.2) is 0 Å². The molecule has 0 saturated heterocycles. The molecule has 4 fully saturated rings. The molecule has 0 aromatic rings. The van der Waals surface area contributed by atoms with Crippen LogP contribution in [0.25, 0.3) is 0 Å². The smallest absolute Gasteiger partial charge is 0.326 e. The van der Waals surface area contributed by atoms with Crippen LogP contribution in [0.4, 0.5) is 0 Å². The number of aliphatic carboxylic acids is 3. The lowest BCUT2D eigenvalue weighted by Gasteiger charge is -2.61. The van der Waals surface area contributed by atoms with Crippen molar-refractivity contribution in [2.45, 2.75) is 123 Å². The van der Waals surface area contributed by atoms with Crippen molar-refractivity contribution in [2.75, 3.05) is 0 Å². The van der Waals surface area contributed by atoms with E-state index in [1.54, 1.807) is 0 Å². The van der Waals surface area contributed by atoms with Crippen LogP contribution >= 0.6 is 0 Å². The molecule has 0 spiro atoms. The maximum atomic E-state index is 12.5. The number of hydrogen-bond donors (Lipinski definition) is 4. The van der Waals surface area contributed by atoms with Crippen molar-refractivity contribution in [3.63, 3.8) is 0 Å². The second-order valence-electron chi connectivity index (χ2n) is 14.2. The van der Waals surface area contributed by atoms with E-state index in [0.717, 1.165) is 38.5 Å². The third-order valence-electron chi connectivity index (χ3n) is 12.1. The lowest BCUT2D eigenvalue weighted by molar-refractivity contribution is -0.164. The van der Waals surface area contributed by atoms with Gasteiger partial charge >= 0.3 is 23.9 Å². The number of amides is 1. The van der Waals surface area contributed by atoms with Gasteiger partial charge in [-0.05, 0) is 111 Å². The van der Waals surface area contributed by atoms with Crippen LogP contribution in [0, 0.1) is 46.3 Å². The third kappa shape index (κ3) is 6.77. The van der Waals surface area contributed by atoms with Crippen LogP contribution in [0.1, 0.15) is 111 Å². The molecule has 4 aliphatic rings. The SMILES string of the molecule is CC(CCC(=O)N[C@@H](CC(=O)O)C(=O)O)C1CC[C@H]2C3CC[C@@H]4C[C@H](OC(=O)CCC(=O)O)CC[C@]4(C)[C@@H]3CC[C@]12C. The standard InChI is InChI=1S/C32H49NO9/c1-18(4-9-26(34)33-25(30(40)41)17-28(37)38)22-7-8-23-21-6-5-19-16-20(42-29(39)11-10-27(35)36)12-14-31(19,2)24(21)13-15-32(22,23)3/h18-25H,4-17H2,1-3H3,(H,33,34)(H,35,36)(H,37,38)(H,40,41)/t18?,19-,20-,21?,22?,23+,24-,25+,31+,32-/m1/s1. The Morgan fingerprint density at radius 1 is 0.833 bits per heavy atom. The molecule has 4 N–H and O–H groups in total. The lowest BCUT2D eigenvalue weighted by Crippen LogP contribution is -2.54. The molecule has 0 bridgehead atoms. The maximum Gasteiger partial charge on any atom is 0.326 e. The molecule has 0 aromatic heterocycles. The van der Waals surface area contributed by atoms with Gasteiger partial charge in [-0.3, -0.25) is 19.2 Å². The van der Waals surface area contributed by atoms with E-state index in [-0.39, 0.29) is 36.2 Å². The molecule has 4 saturated carbocycles. The number of fused-ring (bicyclic) bond motifs is 5. The average Bonchev–Trinajstić information content (AvgIpc) is 3.27. The number of carboxylic acid groups (broad SMARTS) is 3. The number of rotatable bonds is 12. The number of carbonyl (C=O) groups excluding carboxylic acids is 2. The van der Waals surface area contributed by atoms with Gasteiger partial charge < -0.3 is 25.4 Å². The van der Waals surface area contributed by atoms with Gasteiger partial charge in [0, 0.05) is 6.42 Å². The summed E-state index contributed by atoms with van der Waals surface area (Å²) in [5.41, 5.74) is 0.441. The first-order chi connectivity index (χ1) is 19.7. The Kier molecular flexibility index (Phi) is 9.93. The highest BCUT2D eigenvalue weighted by Crippen LogP contribution is 2.68. The van der Waals surface area contributed by atoms with E-state index in [0.29, 0.717) is 41.9 Å². The summed E-state index contributed by atoms with van der Waals surface area (Å²) < 4.78 is 5.70. The van der Waals surface area contributed by atoms with E-state index >= 15 is 0 Å². The largest absolute Gasteiger partial charge is 0.481 e. The van der Waals surface area contributed by atoms with Gasteiger partial charge in [-0.15, -0.1) is 0 Å². The third-order valence-corrected chi connectivity index (χ3v) is 12.1. The van der Waals surface area contributed by atoms with Crippen molar-refractivity contribution in [3.05, 3.63) is 0 Å². The molecule has 10 heteroatoms. The van der Waals surface area contributed by atoms with E-state index in [1.807, 2.05) is 0 Å². The zero-order valence-corrected chi connectivity index (χ0v) is 25.3. The highest BCUT2D eigenvalue weighted by molar-refractivity contribution is 5.86. The Labute approximate surface area is 248 Å². The first-order valence-electron chi connectivity index (χ1n) is 15.9. The van der Waals surface area contributed by atoms with Crippen molar-refractivity contribution < 1.29 is 44.0 Å². The van der Waals surface area contributed by atoms with Crippen molar-refractivity contribution in [2.24, 2.45) is 46.3 Å². The predicted octanol–water partition coefficient (Wildman–Crippen LogP) is 4.88. The Morgan fingerprint density at radius 3 is 2.19 bits per heavy atom. The van der Waals surface area contributed by atoms with E-state index in [9.17, 15) is 29.1 Å². The van der Waals surface area contributed by atoms with Gasteiger partial charge in [0.1, 0.15) is 12.1 Å². The lowest BCUT2D eigenvalue weighted by atomic mass is 9.44. The Balaban J connectivity index is 1.33. The predicted molar refractivity (Wildman–Crippen MR) is 152 cm³/mol. The number of hydrogen-bond acceptors (Lipinski definition) is 6. The molecule has 0 aliphatic heterocycles. The van der Waals surface area contributed by atoms with Crippen LogP contribution in [0.2, 0.25) is 0 Å². The summed E-state index contributed by atoms with van der Waals surface area (Å²) >= 11 is 0. The van der Waals surface area contributed by atoms with E-state index in [2.05, 4.69) is 26.1 Å². The quantitative estimate of drug-likeness (QED) is 0.231. The summed E-state index contributed by atoms with van der Waals surface area (Å²) in [6.45, 7) is 7.13. The number of carboxylic acids is 3. The van der Waals surface area contributed by atoms with Gasteiger partial charge in [-0.25, -0.2) is 4.79 Å². The Morgan fingerprint density at radius 2 is 1.52 bits per heavy atom. The zero-order valence-electron chi connectivity index (χ0n) is 25.3. The molecule has 42 heavy (non-hydrogen) atoms. The fraction of sp³-hybridized carbons (Fsp3) is 0.844.